The lowest BCUT2D eigenvalue weighted by molar-refractivity contribution is 0.327. The molecule has 8 heteroatoms. The Morgan fingerprint density at radius 2 is 1.97 bits per heavy atom. The molecule has 0 saturated heterocycles. The average Bonchev–Trinajstić information content (AvgIpc) is 3.28. The quantitative estimate of drug-likeness (QED) is 0.404. The summed E-state index contributed by atoms with van der Waals surface area (Å²) in [4.78, 5) is 4.40. The van der Waals surface area contributed by atoms with Gasteiger partial charge in [-0.25, -0.2) is 9.67 Å². The minimum atomic E-state index is 0.130. The van der Waals surface area contributed by atoms with Gasteiger partial charge in [-0.2, -0.15) is 0 Å². The van der Waals surface area contributed by atoms with Gasteiger partial charge in [-0.3, -0.25) is 0 Å². The highest BCUT2D eigenvalue weighted by Crippen LogP contribution is 2.31. The summed E-state index contributed by atoms with van der Waals surface area (Å²) in [5.41, 5.74) is 4.06. The number of rotatable bonds is 5. The summed E-state index contributed by atoms with van der Waals surface area (Å²) in [5.74, 6) is 0.829. The van der Waals surface area contributed by atoms with E-state index in [1.54, 1.807) is 6.20 Å². The van der Waals surface area contributed by atoms with Crippen LogP contribution in [0.25, 0.3) is 16.9 Å². The molecule has 150 valence electrons. The van der Waals surface area contributed by atoms with Crippen molar-refractivity contribution in [2.24, 2.45) is 5.41 Å². The molecule has 0 bridgehead atoms. The van der Waals surface area contributed by atoms with E-state index in [9.17, 15) is 0 Å². The van der Waals surface area contributed by atoms with Gasteiger partial charge in [0, 0.05) is 24.6 Å². The maximum Gasteiger partial charge on any atom is 0.136 e. The number of benzene rings is 1. The van der Waals surface area contributed by atoms with Crippen molar-refractivity contribution in [3.63, 3.8) is 0 Å². The summed E-state index contributed by atoms with van der Waals surface area (Å²) in [6.07, 6.45) is 3.64. The third kappa shape index (κ3) is 4.31. The van der Waals surface area contributed by atoms with E-state index in [0.717, 1.165) is 39.3 Å². The first-order valence-corrected chi connectivity index (χ1v) is 10.5. The van der Waals surface area contributed by atoms with Gasteiger partial charge in [0.05, 0.1) is 27.2 Å². The normalized spacial score (nSPS) is 11.9. The number of anilines is 1. The molecule has 0 unspecified atom stereocenters. The van der Waals surface area contributed by atoms with Crippen LogP contribution in [0.1, 0.15) is 26.5 Å². The molecule has 0 spiro atoms. The first kappa shape index (κ1) is 19.9. The van der Waals surface area contributed by atoms with Crippen molar-refractivity contribution in [2.75, 3.05) is 5.32 Å². The predicted octanol–water partition coefficient (Wildman–Crippen LogP) is 5.69. The monoisotopic (exact) mass is 472 g/mol. The molecule has 4 aromatic rings. The summed E-state index contributed by atoms with van der Waals surface area (Å²) in [6.45, 7) is 8.02. The smallest absolute Gasteiger partial charge is 0.136 e. The zero-order valence-corrected chi connectivity index (χ0v) is 18.9. The maximum absolute atomic E-state index is 5.95. The minimum Gasteiger partial charge on any atom is -0.378 e. The first-order chi connectivity index (χ1) is 13.8. The number of hydrogen-bond acceptors (Lipinski definition) is 4. The molecule has 1 aromatic carbocycles. The van der Waals surface area contributed by atoms with Crippen molar-refractivity contribution in [2.45, 2.75) is 33.9 Å². The van der Waals surface area contributed by atoms with E-state index >= 15 is 0 Å². The number of nitrogens with zero attached hydrogens (tertiary/aromatic N) is 5. The summed E-state index contributed by atoms with van der Waals surface area (Å²) < 4.78 is 4.91. The second-order valence-electron chi connectivity index (χ2n) is 8.16. The van der Waals surface area contributed by atoms with Crippen LogP contribution in [0.3, 0.4) is 0 Å². The van der Waals surface area contributed by atoms with Crippen LogP contribution in [0, 0.1) is 5.41 Å². The fourth-order valence-electron chi connectivity index (χ4n) is 3.19. The summed E-state index contributed by atoms with van der Waals surface area (Å²) in [7, 11) is 0. The Bertz CT molecular complexity index is 1140. The molecule has 0 radical (unpaired) electrons. The highest BCUT2D eigenvalue weighted by atomic mass is 79.9. The number of pyridine rings is 1. The molecular formula is C21H22BrClN6. The Labute approximate surface area is 183 Å². The van der Waals surface area contributed by atoms with Gasteiger partial charge in [0.1, 0.15) is 11.3 Å². The SMILES string of the molecule is CC(C)(C)Cn1nnc2c(Br)c(NCc3cccn3-c3ccc(Cl)cn3)ccc21. The Kier molecular flexibility index (Phi) is 5.36. The van der Waals surface area contributed by atoms with E-state index in [4.69, 9.17) is 11.6 Å². The fraction of sp³-hybridized carbons (Fsp3) is 0.286. The van der Waals surface area contributed by atoms with Gasteiger partial charge in [0.2, 0.25) is 0 Å². The van der Waals surface area contributed by atoms with Gasteiger partial charge >= 0.3 is 0 Å². The van der Waals surface area contributed by atoms with Crippen molar-refractivity contribution >= 4 is 44.3 Å². The highest BCUT2D eigenvalue weighted by molar-refractivity contribution is 9.10. The molecule has 0 saturated carbocycles. The zero-order chi connectivity index (χ0) is 20.6. The third-order valence-electron chi connectivity index (χ3n) is 4.50. The largest absolute Gasteiger partial charge is 0.378 e. The van der Waals surface area contributed by atoms with Crippen LogP contribution in [0.5, 0.6) is 0 Å². The molecule has 6 nitrogen and oxygen atoms in total. The lowest BCUT2D eigenvalue weighted by Gasteiger charge is -2.18. The number of hydrogen-bond donors (Lipinski definition) is 1. The minimum absolute atomic E-state index is 0.130. The van der Waals surface area contributed by atoms with Crippen molar-refractivity contribution in [3.8, 4) is 5.82 Å². The molecule has 0 aliphatic carbocycles. The van der Waals surface area contributed by atoms with Gasteiger partial charge < -0.3 is 9.88 Å². The van der Waals surface area contributed by atoms with Crippen molar-refractivity contribution in [1.29, 1.82) is 0 Å². The summed E-state index contributed by atoms with van der Waals surface area (Å²) in [6, 6.07) is 11.9. The topological polar surface area (TPSA) is 60.6 Å². The van der Waals surface area contributed by atoms with Crippen LogP contribution < -0.4 is 5.32 Å². The lowest BCUT2D eigenvalue weighted by atomic mass is 9.97. The Morgan fingerprint density at radius 1 is 1.14 bits per heavy atom. The number of nitrogens with one attached hydrogen (secondary N) is 1. The van der Waals surface area contributed by atoms with Crippen molar-refractivity contribution < 1.29 is 0 Å². The standard InChI is InChI=1S/C21H22BrClN6/c1-21(2,3)13-29-17-8-7-16(19(22)20(17)26-27-29)24-12-15-5-4-10-28(15)18-9-6-14(23)11-25-18/h4-11,24H,12-13H2,1-3H3. The Morgan fingerprint density at radius 3 is 2.69 bits per heavy atom. The van der Waals surface area contributed by atoms with E-state index < -0.39 is 0 Å². The van der Waals surface area contributed by atoms with E-state index in [2.05, 4.69) is 75.5 Å². The van der Waals surface area contributed by atoms with E-state index in [0.29, 0.717) is 11.6 Å². The van der Waals surface area contributed by atoms with Crippen molar-refractivity contribution in [1.82, 2.24) is 24.5 Å². The van der Waals surface area contributed by atoms with Crippen LogP contribution in [-0.2, 0) is 13.1 Å². The number of halogens is 2. The summed E-state index contributed by atoms with van der Waals surface area (Å²) >= 11 is 9.65. The van der Waals surface area contributed by atoms with E-state index in [1.165, 1.54) is 0 Å². The van der Waals surface area contributed by atoms with Gasteiger partial charge in [-0.05, 0) is 57.7 Å². The second-order valence-corrected chi connectivity index (χ2v) is 9.39. The molecule has 0 aliphatic rings. The van der Waals surface area contributed by atoms with Gasteiger partial charge in [-0.1, -0.05) is 37.6 Å². The van der Waals surface area contributed by atoms with Gasteiger partial charge in [0.15, 0.2) is 0 Å². The second kappa shape index (κ2) is 7.80. The number of fused-ring (bicyclic) bond motifs is 1. The Balaban J connectivity index is 1.56. The van der Waals surface area contributed by atoms with E-state index in [1.807, 2.05) is 33.6 Å². The van der Waals surface area contributed by atoms with E-state index in [-0.39, 0.29) is 5.41 Å². The molecule has 3 heterocycles. The number of aromatic nitrogens is 5. The molecule has 0 aliphatic heterocycles. The first-order valence-electron chi connectivity index (χ1n) is 9.35. The summed E-state index contributed by atoms with van der Waals surface area (Å²) in [5, 5.41) is 12.8. The van der Waals surface area contributed by atoms with Crippen LogP contribution in [-0.4, -0.2) is 24.5 Å². The average molecular weight is 474 g/mol. The van der Waals surface area contributed by atoms with Crippen LogP contribution >= 0.6 is 27.5 Å². The zero-order valence-electron chi connectivity index (χ0n) is 16.5. The molecule has 3 aromatic heterocycles. The van der Waals surface area contributed by atoms with Crippen molar-refractivity contribution in [3.05, 3.63) is 64.0 Å². The van der Waals surface area contributed by atoms with Gasteiger partial charge in [0.25, 0.3) is 0 Å². The lowest BCUT2D eigenvalue weighted by Crippen LogP contribution is -2.16. The fourth-order valence-corrected chi connectivity index (χ4v) is 3.85. The van der Waals surface area contributed by atoms with Crippen LogP contribution in [0.2, 0.25) is 5.02 Å². The molecule has 4 rings (SSSR count). The van der Waals surface area contributed by atoms with Gasteiger partial charge in [-0.15, -0.1) is 5.10 Å². The predicted molar refractivity (Wildman–Crippen MR) is 121 cm³/mol. The molecule has 0 fully saturated rings. The third-order valence-corrected chi connectivity index (χ3v) is 5.53. The molecule has 1 N–H and O–H groups in total. The maximum atomic E-state index is 5.95. The molecule has 0 amide bonds. The van der Waals surface area contributed by atoms with Crippen LogP contribution in [0.15, 0.2) is 53.3 Å². The highest BCUT2D eigenvalue weighted by Gasteiger charge is 2.17. The molecular weight excluding hydrogens is 452 g/mol. The van der Waals surface area contributed by atoms with Crippen LogP contribution in [0.4, 0.5) is 5.69 Å². The Hall–Kier alpha value is -2.38. The molecule has 0 atom stereocenters. The molecule has 29 heavy (non-hydrogen) atoms.